The maximum Gasteiger partial charge on any atom is 0.219 e. The molecule has 4 nitrogen and oxygen atoms in total. The van der Waals surface area contributed by atoms with Crippen molar-refractivity contribution in [3.63, 3.8) is 0 Å². The second kappa shape index (κ2) is 7.70. The van der Waals surface area contributed by atoms with Crippen molar-refractivity contribution in [2.24, 2.45) is 5.18 Å². The Morgan fingerprint density at radius 2 is 1.71 bits per heavy atom. The molecule has 4 rings (SSSR count). The molecule has 2 unspecified atom stereocenters. The van der Waals surface area contributed by atoms with Crippen LogP contribution in [0, 0.1) is 4.91 Å². The molecule has 0 saturated carbocycles. The van der Waals surface area contributed by atoms with Crippen LogP contribution in [0.4, 0.5) is 0 Å². The Hall–Kier alpha value is -2.14. The average Bonchev–Trinajstić information content (AvgIpc) is 2.67. The Balaban J connectivity index is 1.98. The van der Waals surface area contributed by atoms with Crippen molar-refractivity contribution in [3.05, 3.63) is 74.1 Å². The van der Waals surface area contributed by atoms with Crippen LogP contribution in [0.15, 0.2) is 53.7 Å². The highest BCUT2D eigenvalue weighted by Crippen LogP contribution is 2.43. The van der Waals surface area contributed by atoms with E-state index in [1.165, 1.54) is 0 Å². The third kappa shape index (κ3) is 3.60. The lowest BCUT2D eigenvalue weighted by atomic mass is 9.93. The molecule has 0 fully saturated rings. The van der Waals surface area contributed by atoms with Crippen molar-refractivity contribution in [2.75, 3.05) is 0 Å². The van der Waals surface area contributed by atoms with Gasteiger partial charge in [0, 0.05) is 33.2 Å². The van der Waals surface area contributed by atoms with Gasteiger partial charge in [0.1, 0.15) is 12.1 Å². The summed E-state index contributed by atoms with van der Waals surface area (Å²) < 4.78 is 5.90. The van der Waals surface area contributed by atoms with Crippen LogP contribution in [0.3, 0.4) is 0 Å². The van der Waals surface area contributed by atoms with E-state index in [0.29, 0.717) is 38.6 Å². The largest absolute Gasteiger partial charge is 0.474 e. The molecule has 142 valence electrons. The number of aromatic nitrogens is 1. The Morgan fingerprint density at radius 3 is 2.39 bits per heavy atom. The Morgan fingerprint density at radius 1 is 1.00 bits per heavy atom. The fourth-order valence-corrected chi connectivity index (χ4v) is 3.99. The molecule has 0 saturated heterocycles. The van der Waals surface area contributed by atoms with Gasteiger partial charge in [-0.25, -0.2) is 4.98 Å². The lowest BCUT2D eigenvalue weighted by Gasteiger charge is -2.27. The molecule has 0 spiro atoms. The van der Waals surface area contributed by atoms with Gasteiger partial charge in [0.15, 0.2) is 0 Å². The molecule has 1 aliphatic rings. The molecule has 3 aromatic rings. The molecule has 7 heteroatoms. The van der Waals surface area contributed by atoms with E-state index in [0.717, 1.165) is 16.7 Å². The Labute approximate surface area is 177 Å². The van der Waals surface area contributed by atoms with E-state index in [2.05, 4.69) is 5.18 Å². The lowest BCUT2D eigenvalue weighted by Crippen LogP contribution is -2.23. The van der Waals surface area contributed by atoms with E-state index in [4.69, 9.17) is 44.5 Å². The first-order valence-corrected chi connectivity index (χ1v) is 9.85. The zero-order chi connectivity index (χ0) is 19.8. The molecule has 0 aliphatic carbocycles. The van der Waals surface area contributed by atoms with Crippen LogP contribution in [0.5, 0.6) is 5.88 Å². The van der Waals surface area contributed by atoms with E-state index in [9.17, 15) is 4.91 Å². The zero-order valence-corrected chi connectivity index (χ0v) is 17.1. The zero-order valence-electron chi connectivity index (χ0n) is 14.8. The smallest absolute Gasteiger partial charge is 0.219 e. The van der Waals surface area contributed by atoms with Crippen molar-refractivity contribution in [2.45, 2.75) is 25.5 Å². The minimum Gasteiger partial charge on any atom is -0.474 e. The maximum absolute atomic E-state index is 11.4. The fourth-order valence-electron chi connectivity index (χ4n) is 3.36. The highest BCUT2D eigenvalue weighted by Gasteiger charge is 2.30. The molecule has 1 aromatic heterocycles. The monoisotopic (exact) mass is 432 g/mol. The van der Waals surface area contributed by atoms with Gasteiger partial charge in [-0.15, -0.1) is 0 Å². The summed E-state index contributed by atoms with van der Waals surface area (Å²) in [6, 6.07) is 14.1. The summed E-state index contributed by atoms with van der Waals surface area (Å²) in [7, 11) is 0. The van der Waals surface area contributed by atoms with Crippen LogP contribution in [-0.2, 0) is 0 Å². The van der Waals surface area contributed by atoms with Crippen LogP contribution < -0.4 is 4.74 Å². The molecule has 2 atom stereocenters. The fraction of sp³-hybridized carbons (Fsp3) is 0.190. The molecule has 0 bridgehead atoms. The van der Waals surface area contributed by atoms with Crippen LogP contribution in [0.1, 0.15) is 24.9 Å². The maximum atomic E-state index is 11.4. The van der Waals surface area contributed by atoms with Gasteiger partial charge < -0.3 is 4.74 Å². The highest BCUT2D eigenvalue weighted by molar-refractivity contribution is 6.36. The van der Waals surface area contributed by atoms with Crippen molar-refractivity contribution in [1.82, 2.24) is 4.98 Å². The molecule has 0 amide bonds. The first kappa shape index (κ1) is 19.2. The van der Waals surface area contributed by atoms with E-state index >= 15 is 0 Å². The standard InChI is InChI=1S/C21H15Cl3N2O2/c1-11-8-19(26-27)17-10-16(12-2-4-13(22)5-3-12)20(25-21(17)28-11)15-7-6-14(23)9-18(15)24/h2-7,9-11,19H,8H2,1H3. The average molecular weight is 434 g/mol. The number of fused-ring (bicyclic) bond motifs is 1. The van der Waals surface area contributed by atoms with Crippen LogP contribution in [0.2, 0.25) is 15.1 Å². The minimum atomic E-state index is -0.507. The van der Waals surface area contributed by atoms with Gasteiger partial charge in [-0.3, -0.25) is 0 Å². The number of halogens is 3. The van der Waals surface area contributed by atoms with E-state index in [1.807, 2.05) is 31.2 Å². The van der Waals surface area contributed by atoms with Crippen LogP contribution in [0.25, 0.3) is 22.4 Å². The van der Waals surface area contributed by atoms with Gasteiger partial charge in [-0.05, 0) is 48.9 Å². The van der Waals surface area contributed by atoms with Crippen LogP contribution >= 0.6 is 34.8 Å². The van der Waals surface area contributed by atoms with Crippen molar-refractivity contribution >= 4 is 34.8 Å². The van der Waals surface area contributed by atoms with Gasteiger partial charge >= 0.3 is 0 Å². The van der Waals surface area contributed by atoms with Crippen LogP contribution in [-0.4, -0.2) is 11.1 Å². The van der Waals surface area contributed by atoms with Gasteiger partial charge in [-0.2, -0.15) is 4.91 Å². The summed E-state index contributed by atoms with van der Waals surface area (Å²) >= 11 is 18.6. The highest BCUT2D eigenvalue weighted by atomic mass is 35.5. The first-order valence-electron chi connectivity index (χ1n) is 8.71. The molecular formula is C21H15Cl3N2O2. The number of ether oxygens (including phenoxy) is 1. The number of hydrogen-bond acceptors (Lipinski definition) is 4. The Bertz CT molecular complexity index is 1050. The van der Waals surface area contributed by atoms with Gasteiger partial charge in [0.25, 0.3) is 0 Å². The SMILES string of the molecule is CC1CC(N=O)c2cc(-c3ccc(Cl)cc3)c(-c3ccc(Cl)cc3Cl)nc2O1. The molecule has 0 N–H and O–H groups in total. The lowest BCUT2D eigenvalue weighted by molar-refractivity contribution is 0.169. The second-order valence-electron chi connectivity index (χ2n) is 6.70. The predicted octanol–water partition coefficient (Wildman–Crippen LogP) is 7.35. The summed E-state index contributed by atoms with van der Waals surface area (Å²) in [5.41, 5.74) is 3.74. The molecule has 2 aromatic carbocycles. The summed E-state index contributed by atoms with van der Waals surface area (Å²) in [6.07, 6.45) is 0.358. The molecule has 1 aliphatic heterocycles. The number of pyridine rings is 1. The van der Waals surface area contributed by atoms with Crippen molar-refractivity contribution in [1.29, 1.82) is 0 Å². The molecular weight excluding hydrogens is 419 g/mol. The summed E-state index contributed by atoms with van der Waals surface area (Å²) in [4.78, 5) is 16.2. The minimum absolute atomic E-state index is 0.155. The number of benzene rings is 2. The quantitative estimate of drug-likeness (QED) is 0.406. The summed E-state index contributed by atoms with van der Waals surface area (Å²) in [5.74, 6) is 0.405. The van der Waals surface area contributed by atoms with Gasteiger partial charge in [0.05, 0.1) is 10.7 Å². The normalized spacial score (nSPS) is 18.3. The number of hydrogen-bond donors (Lipinski definition) is 0. The van der Waals surface area contributed by atoms with E-state index in [1.54, 1.807) is 24.3 Å². The van der Waals surface area contributed by atoms with E-state index < -0.39 is 6.04 Å². The molecule has 2 heterocycles. The second-order valence-corrected chi connectivity index (χ2v) is 7.98. The molecule has 28 heavy (non-hydrogen) atoms. The van der Waals surface area contributed by atoms with E-state index in [-0.39, 0.29) is 6.10 Å². The molecule has 0 radical (unpaired) electrons. The van der Waals surface area contributed by atoms with Gasteiger partial charge in [-0.1, -0.05) is 52.1 Å². The van der Waals surface area contributed by atoms with Crippen molar-refractivity contribution < 1.29 is 4.74 Å². The number of nitroso groups, excluding NO2 is 1. The third-order valence-corrected chi connectivity index (χ3v) is 5.51. The number of rotatable bonds is 3. The topological polar surface area (TPSA) is 51.5 Å². The number of nitrogens with zero attached hydrogens (tertiary/aromatic N) is 2. The Kier molecular flexibility index (Phi) is 5.28. The third-order valence-electron chi connectivity index (χ3n) is 4.71. The van der Waals surface area contributed by atoms with Gasteiger partial charge in [0.2, 0.25) is 5.88 Å². The summed E-state index contributed by atoms with van der Waals surface area (Å²) in [6.45, 7) is 1.89. The first-order chi connectivity index (χ1) is 13.5. The predicted molar refractivity (Wildman–Crippen MR) is 113 cm³/mol. The van der Waals surface area contributed by atoms with Crippen molar-refractivity contribution in [3.8, 4) is 28.3 Å². The summed E-state index contributed by atoms with van der Waals surface area (Å²) in [5, 5.41) is 4.93.